The maximum absolute atomic E-state index is 11.3. The number of hydrogen-bond donors (Lipinski definition) is 0. The van der Waals surface area contributed by atoms with Gasteiger partial charge in [-0.05, 0) is 46.4 Å². The third kappa shape index (κ3) is 2.46. The molecule has 3 nitrogen and oxygen atoms in total. The zero-order valence-electron chi connectivity index (χ0n) is 7.78. The summed E-state index contributed by atoms with van der Waals surface area (Å²) in [7, 11) is -2.96. The van der Waals surface area contributed by atoms with Crippen LogP contribution in [0.3, 0.4) is 0 Å². The number of halogens is 2. The normalized spacial score (nSPS) is 19.9. The summed E-state index contributed by atoms with van der Waals surface area (Å²) in [6.07, 6.45) is 0. The first kappa shape index (κ1) is 11.6. The molecule has 1 saturated heterocycles. The quantitative estimate of drug-likeness (QED) is 0.760. The molecular formula is C9H9ClINO2S. The van der Waals surface area contributed by atoms with Crippen molar-refractivity contribution in [1.29, 1.82) is 0 Å². The SMILES string of the molecule is O=S1(=O)CCN1Cc1cc(Cl)ccc1I. The van der Waals surface area contributed by atoms with Gasteiger partial charge in [-0.25, -0.2) is 8.42 Å². The van der Waals surface area contributed by atoms with Gasteiger partial charge in [-0.3, -0.25) is 0 Å². The number of rotatable bonds is 2. The molecule has 0 atom stereocenters. The molecule has 1 fully saturated rings. The molecule has 1 heterocycles. The Balaban J connectivity index is 2.21. The lowest BCUT2D eigenvalue weighted by atomic mass is 10.2. The molecule has 1 aliphatic heterocycles. The van der Waals surface area contributed by atoms with Crippen LogP contribution >= 0.6 is 34.2 Å². The van der Waals surface area contributed by atoms with Gasteiger partial charge < -0.3 is 0 Å². The molecule has 6 heteroatoms. The summed E-state index contributed by atoms with van der Waals surface area (Å²) in [6, 6.07) is 5.51. The molecular weight excluding hydrogens is 349 g/mol. The molecule has 0 bridgehead atoms. The highest BCUT2D eigenvalue weighted by molar-refractivity contribution is 14.1. The fourth-order valence-corrected chi connectivity index (χ4v) is 3.18. The molecule has 1 aromatic carbocycles. The lowest BCUT2D eigenvalue weighted by Crippen LogP contribution is -2.46. The van der Waals surface area contributed by atoms with Crippen LogP contribution in [-0.2, 0) is 16.6 Å². The van der Waals surface area contributed by atoms with Crippen LogP contribution in [0.25, 0.3) is 0 Å². The molecule has 0 saturated carbocycles. The Labute approximate surface area is 108 Å². The van der Waals surface area contributed by atoms with Crippen molar-refractivity contribution in [3.63, 3.8) is 0 Å². The maximum atomic E-state index is 11.3. The summed E-state index contributed by atoms with van der Waals surface area (Å²) in [4.78, 5) is 0. The highest BCUT2D eigenvalue weighted by atomic mass is 127. The molecule has 0 amide bonds. The van der Waals surface area contributed by atoms with Crippen molar-refractivity contribution in [2.45, 2.75) is 6.54 Å². The Hall–Kier alpha value is 0.150. The first-order valence-corrected chi connectivity index (χ1v) is 7.47. The van der Waals surface area contributed by atoms with E-state index < -0.39 is 10.0 Å². The standard InChI is InChI=1S/C9H9ClINO2S/c10-8-1-2-9(11)7(5-8)6-12-3-4-15(12,13)14/h1-2,5H,3-4,6H2. The van der Waals surface area contributed by atoms with Gasteiger partial charge in [0.05, 0.1) is 5.75 Å². The largest absolute Gasteiger partial charge is 0.215 e. The van der Waals surface area contributed by atoms with Crippen molar-refractivity contribution in [3.8, 4) is 0 Å². The van der Waals surface area contributed by atoms with E-state index in [2.05, 4.69) is 22.6 Å². The second-order valence-corrected chi connectivity index (χ2v) is 7.07. The summed E-state index contributed by atoms with van der Waals surface area (Å²) >= 11 is 8.04. The van der Waals surface area contributed by atoms with Crippen molar-refractivity contribution >= 4 is 44.2 Å². The molecule has 0 unspecified atom stereocenters. The fourth-order valence-electron chi connectivity index (χ4n) is 1.40. The second kappa shape index (κ2) is 4.20. The van der Waals surface area contributed by atoms with E-state index in [9.17, 15) is 8.42 Å². The molecule has 0 aromatic heterocycles. The Bertz CT molecular complexity index is 489. The smallest absolute Gasteiger partial charge is 0.212 e. The van der Waals surface area contributed by atoms with Gasteiger partial charge in [-0.1, -0.05) is 11.6 Å². The van der Waals surface area contributed by atoms with Crippen molar-refractivity contribution in [2.24, 2.45) is 0 Å². The van der Waals surface area contributed by atoms with Gasteiger partial charge in [0.15, 0.2) is 0 Å². The number of sulfonamides is 1. The summed E-state index contributed by atoms with van der Waals surface area (Å²) in [5.41, 5.74) is 0.964. The van der Waals surface area contributed by atoms with Crippen LogP contribution in [0.15, 0.2) is 18.2 Å². The van der Waals surface area contributed by atoms with Gasteiger partial charge in [-0.15, -0.1) is 0 Å². The van der Waals surface area contributed by atoms with Crippen LogP contribution in [0.2, 0.25) is 5.02 Å². The Morgan fingerprint density at radius 1 is 1.47 bits per heavy atom. The molecule has 82 valence electrons. The summed E-state index contributed by atoms with van der Waals surface area (Å²) in [5, 5.41) is 0.642. The van der Waals surface area contributed by atoms with Crippen LogP contribution in [0.1, 0.15) is 5.56 Å². The van der Waals surface area contributed by atoms with Gasteiger partial charge >= 0.3 is 0 Å². The lowest BCUT2D eigenvalue weighted by Gasteiger charge is -2.30. The Kier molecular flexibility index (Phi) is 3.25. The lowest BCUT2D eigenvalue weighted by molar-refractivity contribution is 0.378. The van der Waals surface area contributed by atoms with Crippen LogP contribution < -0.4 is 0 Å². The van der Waals surface area contributed by atoms with Crippen LogP contribution in [0.5, 0.6) is 0 Å². The van der Waals surface area contributed by atoms with Crippen molar-refractivity contribution < 1.29 is 8.42 Å². The van der Waals surface area contributed by atoms with E-state index in [0.29, 0.717) is 18.1 Å². The number of benzene rings is 1. The van der Waals surface area contributed by atoms with Gasteiger partial charge in [0, 0.05) is 21.7 Å². The Morgan fingerprint density at radius 2 is 2.20 bits per heavy atom. The minimum Gasteiger partial charge on any atom is -0.212 e. The predicted molar refractivity (Wildman–Crippen MR) is 68.4 cm³/mol. The van der Waals surface area contributed by atoms with Gasteiger partial charge in [-0.2, -0.15) is 4.31 Å². The topological polar surface area (TPSA) is 37.4 Å². The Morgan fingerprint density at radius 3 is 2.73 bits per heavy atom. The van der Waals surface area contributed by atoms with E-state index in [1.54, 1.807) is 6.07 Å². The van der Waals surface area contributed by atoms with E-state index >= 15 is 0 Å². The minimum atomic E-state index is -2.96. The van der Waals surface area contributed by atoms with E-state index in [-0.39, 0.29) is 5.75 Å². The highest BCUT2D eigenvalue weighted by Crippen LogP contribution is 2.23. The van der Waals surface area contributed by atoms with Crippen LogP contribution in [-0.4, -0.2) is 25.0 Å². The van der Waals surface area contributed by atoms with E-state index in [4.69, 9.17) is 11.6 Å². The van der Waals surface area contributed by atoms with Crippen molar-refractivity contribution in [3.05, 3.63) is 32.4 Å². The van der Waals surface area contributed by atoms with E-state index in [1.807, 2.05) is 12.1 Å². The second-order valence-electron chi connectivity index (χ2n) is 3.39. The van der Waals surface area contributed by atoms with E-state index in [0.717, 1.165) is 9.13 Å². The molecule has 15 heavy (non-hydrogen) atoms. The molecule has 0 radical (unpaired) electrons. The number of nitrogens with zero attached hydrogens (tertiary/aromatic N) is 1. The summed E-state index contributed by atoms with van der Waals surface area (Å²) in [6.45, 7) is 1.05. The third-order valence-corrected chi connectivity index (χ3v) is 5.43. The monoisotopic (exact) mass is 357 g/mol. The first-order valence-electron chi connectivity index (χ1n) is 4.41. The summed E-state index contributed by atoms with van der Waals surface area (Å²) < 4.78 is 25.1. The molecule has 0 N–H and O–H groups in total. The maximum Gasteiger partial charge on any atom is 0.215 e. The molecule has 1 aliphatic rings. The molecule has 1 aromatic rings. The molecule has 0 aliphatic carbocycles. The average Bonchev–Trinajstić information content (AvgIpc) is 2.18. The predicted octanol–water partition coefficient (Wildman–Crippen LogP) is 2.09. The number of hydrogen-bond acceptors (Lipinski definition) is 2. The van der Waals surface area contributed by atoms with Crippen molar-refractivity contribution in [1.82, 2.24) is 4.31 Å². The fraction of sp³-hybridized carbons (Fsp3) is 0.333. The average molecular weight is 358 g/mol. The molecule has 2 rings (SSSR count). The molecule has 0 spiro atoms. The van der Waals surface area contributed by atoms with Gasteiger partial charge in [0.2, 0.25) is 10.0 Å². The van der Waals surface area contributed by atoms with Gasteiger partial charge in [0.25, 0.3) is 0 Å². The zero-order chi connectivity index (χ0) is 11.1. The van der Waals surface area contributed by atoms with Crippen LogP contribution in [0, 0.1) is 3.57 Å². The summed E-state index contributed by atoms with van der Waals surface area (Å²) in [5.74, 6) is 0.268. The zero-order valence-corrected chi connectivity index (χ0v) is 11.5. The third-order valence-electron chi connectivity index (χ3n) is 2.35. The van der Waals surface area contributed by atoms with Crippen molar-refractivity contribution in [2.75, 3.05) is 12.3 Å². The minimum absolute atomic E-state index is 0.268. The van der Waals surface area contributed by atoms with Crippen LogP contribution in [0.4, 0.5) is 0 Å². The van der Waals surface area contributed by atoms with E-state index in [1.165, 1.54) is 4.31 Å². The van der Waals surface area contributed by atoms with Gasteiger partial charge in [0.1, 0.15) is 0 Å². The highest BCUT2D eigenvalue weighted by Gasteiger charge is 2.32. The first-order chi connectivity index (χ1) is 6.99.